The Labute approximate surface area is 222 Å². The summed E-state index contributed by atoms with van der Waals surface area (Å²) >= 11 is 6.47. The molecule has 37 heavy (non-hydrogen) atoms. The Balaban J connectivity index is 1.19. The van der Waals surface area contributed by atoms with Gasteiger partial charge in [-0.1, -0.05) is 11.6 Å². The minimum atomic E-state index is -2.16. The van der Waals surface area contributed by atoms with Crippen LogP contribution in [0, 0.1) is 11.7 Å². The van der Waals surface area contributed by atoms with Gasteiger partial charge in [0.05, 0.1) is 16.8 Å². The zero-order valence-electron chi connectivity index (χ0n) is 21.0. The first-order valence-corrected chi connectivity index (χ1v) is 15.5. The molecule has 202 valence electrons. The van der Waals surface area contributed by atoms with E-state index in [-0.39, 0.29) is 28.8 Å². The van der Waals surface area contributed by atoms with Crippen molar-refractivity contribution in [1.82, 2.24) is 15.3 Å². The van der Waals surface area contributed by atoms with Gasteiger partial charge in [-0.25, -0.2) is 14.4 Å². The first-order chi connectivity index (χ1) is 17.8. The Morgan fingerprint density at radius 3 is 2.59 bits per heavy atom. The number of hydrogen-bond acceptors (Lipinski definition) is 7. The molecule has 2 aromatic heterocycles. The molecule has 2 aliphatic heterocycles. The van der Waals surface area contributed by atoms with Gasteiger partial charge in [0.15, 0.2) is 11.6 Å². The predicted molar refractivity (Wildman–Crippen MR) is 148 cm³/mol. The molecule has 1 saturated carbocycles. The number of nitrogens with one attached hydrogen (secondary N) is 3. The van der Waals surface area contributed by atoms with E-state index in [1.165, 1.54) is 6.07 Å². The number of hydrogen-bond donors (Lipinski definition) is 4. The Morgan fingerprint density at radius 2 is 1.89 bits per heavy atom. The van der Waals surface area contributed by atoms with Crippen molar-refractivity contribution in [3.63, 3.8) is 0 Å². The van der Waals surface area contributed by atoms with Gasteiger partial charge < -0.3 is 25.8 Å². The molecule has 2 aromatic rings. The molecule has 2 atom stereocenters. The third-order valence-electron chi connectivity index (χ3n) is 7.62. The Morgan fingerprint density at radius 1 is 1.16 bits per heavy atom. The molecule has 8 nitrogen and oxygen atoms in total. The van der Waals surface area contributed by atoms with Crippen molar-refractivity contribution < 1.29 is 18.4 Å². The lowest BCUT2D eigenvalue weighted by atomic mass is 9.90. The number of aliphatic hydroxyl groups excluding tert-OH is 1. The molecule has 1 unspecified atom stereocenters. The number of aromatic nitrogens is 2. The van der Waals surface area contributed by atoms with Gasteiger partial charge in [-0.2, -0.15) is 0 Å². The third-order valence-corrected chi connectivity index (χ3v) is 10.1. The summed E-state index contributed by atoms with van der Waals surface area (Å²) in [6.45, 7) is 2.14. The SMILES string of the molecule is CS1(=O)=C(O)[C@H](NC2CCC(Nc3cc(-c4ccc(F)c(NCC5CCOCC5)n4)c(Cl)cn3)CC2)C1. The zero-order chi connectivity index (χ0) is 26.0. The van der Waals surface area contributed by atoms with Crippen molar-refractivity contribution in [1.29, 1.82) is 0 Å². The molecule has 0 spiro atoms. The van der Waals surface area contributed by atoms with E-state index in [0.717, 1.165) is 51.7 Å². The summed E-state index contributed by atoms with van der Waals surface area (Å²) in [5.41, 5.74) is 1.28. The quantitative estimate of drug-likeness (QED) is 0.364. The van der Waals surface area contributed by atoms with E-state index < -0.39 is 9.52 Å². The van der Waals surface area contributed by atoms with Crippen LogP contribution in [0.5, 0.6) is 0 Å². The van der Waals surface area contributed by atoms with Crippen LogP contribution in [0.25, 0.3) is 11.3 Å². The summed E-state index contributed by atoms with van der Waals surface area (Å²) in [6.07, 6.45) is 8.93. The molecule has 2 fully saturated rings. The lowest BCUT2D eigenvalue weighted by Gasteiger charge is -2.36. The van der Waals surface area contributed by atoms with Crippen LogP contribution in [0.15, 0.2) is 24.4 Å². The van der Waals surface area contributed by atoms with Crippen molar-refractivity contribution in [3.8, 4) is 11.3 Å². The first-order valence-electron chi connectivity index (χ1n) is 13.0. The van der Waals surface area contributed by atoms with Crippen molar-refractivity contribution in [2.45, 2.75) is 56.7 Å². The molecule has 0 radical (unpaired) electrons. The highest BCUT2D eigenvalue weighted by Gasteiger charge is 2.34. The summed E-state index contributed by atoms with van der Waals surface area (Å²) < 4.78 is 31.9. The molecule has 0 amide bonds. The van der Waals surface area contributed by atoms with E-state index in [1.54, 1.807) is 18.5 Å². The lowest BCUT2D eigenvalue weighted by Crippen LogP contribution is -2.57. The van der Waals surface area contributed by atoms with Crippen molar-refractivity contribution in [2.24, 2.45) is 5.92 Å². The van der Waals surface area contributed by atoms with Gasteiger partial charge >= 0.3 is 0 Å². The molecule has 1 saturated heterocycles. The maximum absolute atomic E-state index is 14.5. The fraction of sp³-hybridized carbons (Fsp3) is 0.577. The van der Waals surface area contributed by atoms with Crippen LogP contribution in [0.2, 0.25) is 5.02 Å². The molecule has 3 aliphatic rings. The highest BCUT2D eigenvalue weighted by molar-refractivity contribution is 8.03. The Kier molecular flexibility index (Phi) is 8.21. The summed E-state index contributed by atoms with van der Waals surface area (Å²) in [6, 6.07) is 5.33. The lowest BCUT2D eigenvalue weighted by molar-refractivity contribution is 0.0699. The van der Waals surface area contributed by atoms with Crippen LogP contribution in [0.1, 0.15) is 38.5 Å². The highest BCUT2D eigenvalue weighted by atomic mass is 35.5. The number of nitrogens with zero attached hydrogens (tertiary/aromatic N) is 2. The molecule has 4 N–H and O–H groups in total. The smallest absolute Gasteiger partial charge is 0.165 e. The molecular weight excluding hydrogens is 517 g/mol. The molecule has 1 aliphatic carbocycles. The number of pyridine rings is 2. The van der Waals surface area contributed by atoms with E-state index in [9.17, 15) is 13.7 Å². The zero-order valence-corrected chi connectivity index (χ0v) is 22.6. The molecule has 4 heterocycles. The van der Waals surface area contributed by atoms with Gasteiger partial charge in [0.1, 0.15) is 10.9 Å². The molecular formula is C26H35ClFN5O3S. The third kappa shape index (κ3) is 6.37. The van der Waals surface area contributed by atoms with E-state index in [2.05, 4.69) is 25.9 Å². The van der Waals surface area contributed by atoms with Crippen molar-refractivity contribution >= 4 is 37.8 Å². The summed E-state index contributed by atoms with van der Waals surface area (Å²) in [5, 5.41) is 20.7. The number of ether oxygens (including phenoxy) is 1. The van der Waals surface area contributed by atoms with Crippen LogP contribution in [0.3, 0.4) is 0 Å². The van der Waals surface area contributed by atoms with Crippen LogP contribution >= 0.6 is 11.6 Å². The molecule has 0 aromatic carbocycles. The molecule has 0 bridgehead atoms. The average Bonchev–Trinajstić information content (AvgIpc) is 2.90. The van der Waals surface area contributed by atoms with Crippen molar-refractivity contribution in [2.75, 3.05) is 42.4 Å². The largest absolute Gasteiger partial charge is 0.381 e. The van der Waals surface area contributed by atoms with Gasteiger partial charge in [-0.3, -0.25) is 4.21 Å². The average molecular weight is 552 g/mol. The summed E-state index contributed by atoms with van der Waals surface area (Å²) in [7, 11) is -2.16. The minimum absolute atomic E-state index is 0.113. The molecule has 5 rings (SSSR count). The van der Waals surface area contributed by atoms with E-state index in [4.69, 9.17) is 16.3 Å². The second kappa shape index (κ2) is 11.4. The van der Waals surface area contributed by atoms with Crippen molar-refractivity contribution in [3.05, 3.63) is 35.2 Å². The number of halogens is 2. The Hall–Kier alpha value is -1.98. The van der Waals surface area contributed by atoms with Gasteiger partial charge in [0.25, 0.3) is 0 Å². The molecule has 11 heteroatoms. The number of rotatable bonds is 8. The van der Waals surface area contributed by atoms with Crippen LogP contribution in [-0.2, 0) is 14.3 Å². The standard InChI is InChI=1S/C26H35ClFN5O3S/c1-37(35)15-23(26(37)34)31-17-2-4-18(5-3-17)32-24-12-19(20(27)14-29-24)22-7-6-21(28)25(33-22)30-13-16-8-10-36-11-9-16/h6-7,12,14,16-18,23,31,34H,2-5,8-11,13,15H2,1H3,(H,29,32)(H,30,33)/t17?,18?,23-,37?/m1/s1. The number of anilines is 2. The second-order valence-electron chi connectivity index (χ2n) is 10.4. The van der Waals surface area contributed by atoms with Gasteiger partial charge in [0.2, 0.25) is 0 Å². The summed E-state index contributed by atoms with van der Waals surface area (Å²) in [4.78, 5) is 8.99. The fourth-order valence-electron chi connectivity index (χ4n) is 5.32. The van der Waals surface area contributed by atoms with Crippen LogP contribution in [0.4, 0.5) is 16.0 Å². The topological polar surface area (TPSA) is 108 Å². The monoisotopic (exact) mass is 551 g/mol. The van der Waals surface area contributed by atoms with Gasteiger partial charge in [-0.15, -0.1) is 0 Å². The maximum Gasteiger partial charge on any atom is 0.165 e. The van der Waals surface area contributed by atoms with Crippen LogP contribution in [-0.4, -0.2) is 74.2 Å². The van der Waals surface area contributed by atoms with Gasteiger partial charge in [-0.05, 0) is 72.2 Å². The van der Waals surface area contributed by atoms with Crippen LogP contribution < -0.4 is 16.0 Å². The Bertz CT molecular complexity index is 1240. The second-order valence-corrected chi connectivity index (χ2v) is 13.6. The fourth-order valence-corrected chi connectivity index (χ4v) is 7.03. The van der Waals surface area contributed by atoms with E-state index in [1.807, 2.05) is 6.07 Å². The van der Waals surface area contributed by atoms with E-state index in [0.29, 0.717) is 46.4 Å². The summed E-state index contributed by atoms with van der Waals surface area (Å²) in [5.74, 6) is 1.49. The number of aliphatic hydroxyl groups is 1. The highest BCUT2D eigenvalue weighted by Crippen LogP contribution is 2.31. The maximum atomic E-state index is 14.5. The first kappa shape index (κ1) is 26.6. The van der Waals surface area contributed by atoms with Gasteiger partial charge in [0, 0.05) is 55.6 Å². The van der Waals surface area contributed by atoms with E-state index >= 15 is 0 Å². The predicted octanol–water partition coefficient (Wildman–Crippen LogP) is 4.07. The normalized spacial score (nSPS) is 28.5. The minimum Gasteiger partial charge on any atom is -0.381 e.